The second-order valence-corrected chi connectivity index (χ2v) is 9.45. The third-order valence-corrected chi connectivity index (χ3v) is 7.16. The second kappa shape index (κ2) is 8.82. The molecule has 0 saturated heterocycles. The number of nitrogens with zero attached hydrogens (tertiary/aromatic N) is 1. The molecule has 0 amide bonds. The molecule has 1 aliphatic heterocycles. The molecule has 0 unspecified atom stereocenters. The first-order valence-electron chi connectivity index (χ1n) is 10.1. The van der Waals surface area contributed by atoms with E-state index in [1.54, 1.807) is 16.4 Å². The molecule has 0 aliphatic carbocycles. The van der Waals surface area contributed by atoms with Crippen molar-refractivity contribution in [1.29, 1.82) is 0 Å². The molecule has 4 heteroatoms. The van der Waals surface area contributed by atoms with E-state index in [2.05, 4.69) is 36.4 Å². The summed E-state index contributed by atoms with van der Waals surface area (Å²) in [6.07, 6.45) is 4.97. The summed E-state index contributed by atoms with van der Waals surface area (Å²) in [6.45, 7) is 2.83. The molecule has 0 radical (unpaired) electrons. The summed E-state index contributed by atoms with van der Waals surface area (Å²) in [6, 6.07) is 27.5. The molecular weight excluding hydrogens is 390 g/mol. The zero-order valence-corrected chi connectivity index (χ0v) is 17.8. The van der Waals surface area contributed by atoms with E-state index in [9.17, 15) is 8.42 Å². The van der Waals surface area contributed by atoms with Gasteiger partial charge in [0, 0.05) is 13.1 Å². The molecule has 0 spiro atoms. The van der Waals surface area contributed by atoms with Gasteiger partial charge in [-0.25, -0.2) is 8.42 Å². The van der Waals surface area contributed by atoms with Crippen molar-refractivity contribution in [3.05, 3.63) is 119 Å². The number of aryl methyl sites for hydroxylation is 1. The van der Waals surface area contributed by atoms with Crippen LogP contribution in [0.3, 0.4) is 0 Å². The summed E-state index contributed by atoms with van der Waals surface area (Å²) >= 11 is 0. The van der Waals surface area contributed by atoms with Crippen LogP contribution in [0.4, 0.5) is 0 Å². The summed E-state index contributed by atoms with van der Waals surface area (Å²) in [7, 11) is -3.51. The molecule has 30 heavy (non-hydrogen) atoms. The second-order valence-electron chi connectivity index (χ2n) is 7.51. The molecule has 0 saturated carbocycles. The Kier molecular flexibility index (Phi) is 5.98. The first-order valence-corrected chi connectivity index (χ1v) is 11.6. The van der Waals surface area contributed by atoms with Gasteiger partial charge in [-0.15, -0.1) is 0 Å². The zero-order chi connectivity index (χ0) is 21.0. The molecule has 3 nitrogen and oxygen atoms in total. The van der Waals surface area contributed by atoms with Crippen LogP contribution in [0.15, 0.2) is 108 Å². The highest BCUT2D eigenvalue weighted by Crippen LogP contribution is 2.28. The summed E-state index contributed by atoms with van der Waals surface area (Å²) in [5.41, 5.74) is 5.38. The lowest BCUT2D eigenvalue weighted by atomic mass is 9.95. The third-order valence-electron chi connectivity index (χ3n) is 5.30. The minimum absolute atomic E-state index is 0.352. The van der Waals surface area contributed by atoms with Crippen molar-refractivity contribution in [3.63, 3.8) is 0 Å². The van der Waals surface area contributed by atoms with Crippen LogP contribution in [0.25, 0.3) is 5.57 Å². The van der Waals surface area contributed by atoms with E-state index in [4.69, 9.17) is 0 Å². The van der Waals surface area contributed by atoms with Crippen molar-refractivity contribution in [2.24, 2.45) is 0 Å². The predicted molar refractivity (Wildman–Crippen MR) is 123 cm³/mol. The van der Waals surface area contributed by atoms with Gasteiger partial charge in [0.15, 0.2) is 0 Å². The first-order chi connectivity index (χ1) is 14.5. The predicted octanol–water partition coefficient (Wildman–Crippen LogP) is 5.45. The molecule has 4 rings (SSSR count). The average molecular weight is 416 g/mol. The number of sulfonamides is 1. The molecule has 3 aromatic rings. The summed E-state index contributed by atoms with van der Waals surface area (Å²) in [5, 5.41) is 0. The topological polar surface area (TPSA) is 37.4 Å². The Morgan fingerprint density at radius 3 is 1.97 bits per heavy atom. The summed E-state index contributed by atoms with van der Waals surface area (Å²) in [4.78, 5) is 0.352. The molecular formula is C26H25NO2S. The van der Waals surface area contributed by atoms with Gasteiger partial charge in [-0.05, 0) is 53.8 Å². The van der Waals surface area contributed by atoms with Crippen LogP contribution >= 0.6 is 0 Å². The van der Waals surface area contributed by atoms with Crippen molar-refractivity contribution >= 4 is 15.6 Å². The van der Waals surface area contributed by atoms with Gasteiger partial charge in [-0.1, -0.05) is 84.4 Å². The molecule has 3 aromatic carbocycles. The molecule has 0 bridgehead atoms. The van der Waals surface area contributed by atoms with Crippen LogP contribution in [-0.4, -0.2) is 25.8 Å². The van der Waals surface area contributed by atoms with Crippen LogP contribution in [0.2, 0.25) is 0 Å². The first kappa shape index (κ1) is 20.3. The van der Waals surface area contributed by atoms with Gasteiger partial charge in [0.2, 0.25) is 10.0 Å². The molecule has 0 fully saturated rings. The standard InChI is InChI=1S/C26H25NO2S/c1-21-14-16-25(17-15-21)30(28,29)27-18-8-9-22(20-27)19-26(23-10-4-2-5-11-23)24-12-6-3-7-13-24/h2-7,9-17,19H,8,18,20H2,1H3. The van der Waals surface area contributed by atoms with Crippen LogP contribution < -0.4 is 0 Å². The van der Waals surface area contributed by atoms with Crippen molar-refractivity contribution in [2.75, 3.05) is 13.1 Å². The number of rotatable bonds is 5. The highest BCUT2D eigenvalue weighted by atomic mass is 32.2. The van der Waals surface area contributed by atoms with Crippen molar-refractivity contribution in [3.8, 4) is 0 Å². The quantitative estimate of drug-likeness (QED) is 0.556. The lowest BCUT2D eigenvalue weighted by Gasteiger charge is -2.26. The Balaban J connectivity index is 1.67. The fraction of sp³-hybridized carbons (Fsp3) is 0.154. The van der Waals surface area contributed by atoms with Gasteiger partial charge >= 0.3 is 0 Å². The molecule has 152 valence electrons. The maximum Gasteiger partial charge on any atom is 0.243 e. The third kappa shape index (κ3) is 4.45. The molecule has 1 heterocycles. The Labute approximate surface area is 179 Å². The zero-order valence-electron chi connectivity index (χ0n) is 17.0. The highest BCUT2D eigenvalue weighted by Gasteiger charge is 2.26. The van der Waals surface area contributed by atoms with Crippen LogP contribution in [0.5, 0.6) is 0 Å². The Hall–Kier alpha value is -2.95. The van der Waals surface area contributed by atoms with E-state index in [1.165, 1.54) is 0 Å². The van der Waals surface area contributed by atoms with E-state index < -0.39 is 10.0 Å². The van der Waals surface area contributed by atoms with E-state index in [1.807, 2.05) is 55.5 Å². The lowest BCUT2D eigenvalue weighted by Crippen LogP contribution is -2.35. The van der Waals surface area contributed by atoms with Crippen molar-refractivity contribution in [1.82, 2.24) is 4.31 Å². The fourth-order valence-electron chi connectivity index (χ4n) is 3.66. The average Bonchev–Trinajstić information content (AvgIpc) is 2.79. The molecule has 0 atom stereocenters. The van der Waals surface area contributed by atoms with Gasteiger partial charge in [0.1, 0.15) is 0 Å². The summed E-state index contributed by atoms with van der Waals surface area (Å²) in [5.74, 6) is 0. The lowest BCUT2D eigenvalue weighted by molar-refractivity contribution is 0.431. The van der Waals surface area contributed by atoms with E-state index >= 15 is 0 Å². The Bertz CT molecular complexity index is 1120. The van der Waals surface area contributed by atoms with E-state index in [0.29, 0.717) is 24.4 Å². The maximum absolute atomic E-state index is 13.1. The Morgan fingerprint density at radius 2 is 1.40 bits per heavy atom. The largest absolute Gasteiger partial charge is 0.243 e. The van der Waals surface area contributed by atoms with Gasteiger partial charge in [-0.3, -0.25) is 0 Å². The minimum Gasteiger partial charge on any atom is -0.207 e. The molecule has 0 N–H and O–H groups in total. The van der Waals surface area contributed by atoms with Gasteiger partial charge in [0.25, 0.3) is 0 Å². The fourth-order valence-corrected chi connectivity index (χ4v) is 5.11. The van der Waals surface area contributed by atoms with Crippen LogP contribution in [0.1, 0.15) is 23.1 Å². The van der Waals surface area contributed by atoms with Gasteiger partial charge in [-0.2, -0.15) is 4.31 Å². The van der Waals surface area contributed by atoms with Gasteiger partial charge < -0.3 is 0 Å². The number of benzene rings is 3. The van der Waals surface area contributed by atoms with Crippen molar-refractivity contribution in [2.45, 2.75) is 18.2 Å². The smallest absolute Gasteiger partial charge is 0.207 e. The minimum atomic E-state index is -3.51. The van der Waals surface area contributed by atoms with Crippen LogP contribution in [-0.2, 0) is 10.0 Å². The summed E-state index contributed by atoms with van der Waals surface area (Å²) < 4.78 is 27.9. The molecule has 1 aliphatic rings. The van der Waals surface area contributed by atoms with Gasteiger partial charge in [0.05, 0.1) is 4.90 Å². The van der Waals surface area contributed by atoms with E-state index in [-0.39, 0.29) is 0 Å². The van der Waals surface area contributed by atoms with Crippen LogP contribution in [0, 0.1) is 6.92 Å². The number of hydrogen-bond acceptors (Lipinski definition) is 2. The number of hydrogen-bond donors (Lipinski definition) is 0. The maximum atomic E-state index is 13.1. The normalized spacial score (nSPS) is 14.8. The SMILES string of the molecule is Cc1ccc(S(=O)(=O)N2CCC=C(C=C(c3ccccc3)c3ccccc3)C2)cc1. The monoisotopic (exact) mass is 415 g/mol. The molecule has 0 aromatic heterocycles. The van der Waals surface area contributed by atoms with E-state index in [0.717, 1.165) is 27.8 Å². The Morgan fingerprint density at radius 1 is 0.833 bits per heavy atom. The van der Waals surface area contributed by atoms with Crippen molar-refractivity contribution < 1.29 is 8.42 Å². The highest BCUT2D eigenvalue weighted by molar-refractivity contribution is 7.89.